The number of benzene rings is 1. The van der Waals surface area contributed by atoms with Crippen LogP contribution >= 0.6 is 0 Å². The summed E-state index contributed by atoms with van der Waals surface area (Å²) in [5, 5.41) is 13.0. The van der Waals surface area contributed by atoms with Crippen molar-refractivity contribution in [1.29, 1.82) is 0 Å². The summed E-state index contributed by atoms with van der Waals surface area (Å²) in [5.41, 5.74) is 0.932. The van der Waals surface area contributed by atoms with Gasteiger partial charge in [-0.25, -0.2) is 9.78 Å². The molecule has 2 aromatic rings. The van der Waals surface area contributed by atoms with Crippen LogP contribution in [0.15, 0.2) is 30.3 Å². The number of rotatable bonds is 4. The van der Waals surface area contributed by atoms with E-state index < -0.39 is 5.97 Å². The minimum Gasteiger partial charge on any atom is -0.478 e. The number of hydrogen-bond acceptors (Lipinski definition) is 3. The molecule has 0 spiro atoms. The quantitative estimate of drug-likeness (QED) is 0.650. The smallest absolute Gasteiger partial charge is 0.336 e. The number of carboxylic acids is 1. The zero-order valence-electron chi connectivity index (χ0n) is 10.6. The molecule has 0 aliphatic carbocycles. The average molecular weight is 254 g/mol. The zero-order valence-corrected chi connectivity index (χ0v) is 10.6. The molecule has 4 heteroatoms. The van der Waals surface area contributed by atoms with Crippen LogP contribution in [0.1, 0.15) is 23.7 Å². The van der Waals surface area contributed by atoms with Crippen LogP contribution in [0.2, 0.25) is 0 Å². The number of nitrogens with zero attached hydrogens (tertiary/aromatic N) is 1. The number of pyridine rings is 1. The molecule has 19 heavy (non-hydrogen) atoms. The van der Waals surface area contributed by atoms with Gasteiger partial charge >= 0.3 is 5.97 Å². The Balaban J connectivity index is 2.34. The molecule has 2 rings (SSSR count). The van der Waals surface area contributed by atoms with Crippen LogP contribution in [-0.4, -0.2) is 22.6 Å². The van der Waals surface area contributed by atoms with Crippen molar-refractivity contribution < 1.29 is 9.90 Å². The van der Waals surface area contributed by atoms with Crippen LogP contribution in [0, 0.1) is 11.8 Å². The number of para-hydroxylation sites is 1. The van der Waals surface area contributed by atoms with E-state index in [2.05, 4.69) is 22.1 Å². The predicted octanol–water partition coefficient (Wildman–Crippen LogP) is 2.76. The molecule has 0 bridgehead atoms. The van der Waals surface area contributed by atoms with Crippen molar-refractivity contribution in [3.63, 3.8) is 0 Å². The molecule has 0 saturated carbocycles. The number of hydrogen-bond donors (Lipinski definition) is 2. The summed E-state index contributed by atoms with van der Waals surface area (Å²) in [6.07, 6.45) is 0.702. The van der Waals surface area contributed by atoms with Crippen LogP contribution in [0.3, 0.4) is 0 Å². The third-order valence-electron chi connectivity index (χ3n) is 2.68. The van der Waals surface area contributed by atoms with Crippen molar-refractivity contribution in [1.82, 2.24) is 4.98 Å². The van der Waals surface area contributed by atoms with E-state index in [9.17, 15) is 9.90 Å². The summed E-state index contributed by atoms with van der Waals surface area (Å²) in [5.74, 6) is 5.36. The Labute approximate surface area is 111 Å². The second-order valence-corrected chi connectivity index (χ2v) is 3.98. The second-order valence-electron chi connectivity index (χ2n) is 3.98. The molecule has 1 aromatic heterocycles. The fourth-order valence-electron chi connectivity index (χ4n) is 1.82. The molecule has 0 radical (unpaired) electrons. The number of fused-ring (bicyclic) bond motifs is 1. The average Bonchev–Trinajstić information content (AvgIpc) is 2.42. The van der Waals surface area contributed by atoms with Crippen molar-refractivity contribution in [3.8, 4) is 11.8 Å². The molecule has 1 heterocycles. The molecule has 2 N–H and O–H groups in total. The summed E-state index contributed by atoms with van der Waals surface area (Å²) in [7, 11) is 0. The Morgan fingerprint density at radius 1 is 1.42 bits per heavy atom. The number of aromatic carboxylic acids is 1. The number of aromatic nitrogens is 1. The number of carboxylic acid groups (broad SMARTS) is 1. The Kier molecular flexibility index (Phi) is 3.99. The van der Waals surface area contributed by atoms with Gasteiger partial charge in [0.15, 0.2) is 0 Å². The lowest BCUT2D eigenvalue weighted by molar-refractivity contribution is 0.0699. The lowest BCUT2D eigenvalue weighted by Crippen LogP contribution is -2.06. The van der Waals surface area contributed by atoms with E-state index in [1.807, 2.05) is 6.07 Å². The molecular weight excluding hydrogens is 240 g/mol. The molecule has 0 aliphatic heterocycles. The van der Waals surface area contributed by atoms with Gasteiger partial charge in [-0.3, -0.25) is 0 Å². The number of nitrogens with one attached hydrogen (secondary N) is 1. The zero-order chi connectivity index (χ0) is 13.7. The van der Waals surface area contributed by atoms with Gasteiger partial charge < -0.3 is 10.4 Å². The summed E-state index contributed by atoms with van der Waals surface area (Å²) in [6, 6.07) is 8.77. The topological polar surface area (TPSA) is 62.2 Å². The van der Waals surface area contributed by atoms with Gasteiger partial charge in [-0.15, -0.1) is 11.8 Å². The fraction of sp³-hybridized carbons (Fsp3) is 0.200. The van der Waals surface area contributed by atoms with E-state index in [1.165, 1.54) is 0 Å². The monoisotopic (exact) mass is 254 g/mol. The standard InChI is InChI=1S/C15H14N2O2/c1-2-3-6-9-16-14-10-12(15(18)19)11-7-4-5-8-13(11)17-14/h4-5,7-8,10H,6,9H2,1H3,(H,16,17)(H,18,19). The molecule has 1 aromatic carbocycles. The van der Waals surface area contributed by atoms with E-state index in [4.69, 9.17) is 0 Å². The Hall–Kier alpha value is -2.54. The summed E-state index contributed by atoms with van der Waals surface area (Å²) >= 11 is 0. The van der Waals surface area contributed by atoms with Gasteiger partial charge in [-0.1, -0.05) is 18.2 Å². The summed E-state index contributed by atoms with van der Waals surface area (Å²) in [4.78, 5) is 15.7. The molecule has 0 saturated heterocycles. The van der Waals surface area contributed by atoms with Gasteiger partial charge in [-0.05, 0) is 19.1 Å². The number of carbonyl (C=O) groups is 1. The van der Waals surface area contributed by atoms with Crippen LogP contribution in [-0.2, 0) is 0 Å². The molecule has 4 nitrogen and oxygen atoms in total. The summed E-state index contributed by atoms with van der Waals surface area (Å²) < 4.78 is 0. The van der Waals surface area contributed by atoms with E-state index in [-0.39, 0.29) is 5.56 Å². The minimum absolute atomic E-state index is 0.259. The van der Waals surface area contributed by atoms with Crippen molar-refractivity contribution >= 4 is 22.7 Å². The van der Waals surface area contributed by atoms with Crippen LogP contribution in [0.4, 0.5) is 5.82 Å². The van der Waals surface area contributed by atoms with Crippen molar-refractivity contribution in [2.24, 2.45) is 0 Å². The van der Waals surface area contributed by atoms with Gasteiger partial charge in [-0.2, -0.15) is 0 Å². The normalized spacial score (nSPS) is 9.74. The van der Waals surface area contributed by atoms with E-state index in [1.54, 1.807) is 31.2 Å². The highest BCUT2D eigenvalue weighted by molar-refractivity contribution is 6.03. The van der Waals surface area contributed by atoms with E-state index in [0.29, 0.717) is 29.7 Å². The fourth-order valence-corrected chi connectivity index (χ4v) is 1.82. The molecule has 0 fully saturated rings. The maximum Gasteiger partial charge on any atom is 0.336 e. The molecular formula is C15H14N2O2. The second kappa shape index (κ2) is 5.87. The first-order valence-electron chi connectivity index (χ1n) is 5.99. The van der Waals surface area contributed by atoms with Gasteiger partial charge in [0.25, 0.3) is 0 Å². The maximum atomic E-state index is 11.3. The van der Waals surface area contributed by atoms with Crippen LogP contribution < -0.4 is 5.32 Å². The predicted molar refractivity (Wildman–Crippen MR) is 75.3 cm³/mol. The molecule has 0 amide bonds. The Bertz CT molecular complexity index is 669. The minimum atomic E-state index is -0.949. The first-order chi connectivity index (χ1) is 9.22. The third kappa shape index (κ3) is 3.02. The largest absolute Gasteiger partial charge is 0.478 e. The summed E-state index contributed by atoms with van der Waals surface area (Å²) in [6.45, 7) is 2.43. The van der Waals surface area contributed by atoms with Crippen LogP contribution in [0.5, 0.6) is 0 Å². The van der Waals surface area contributed by atoms with E-state index >= 15 is 0 Å². The highest BCUT2D eigenvalue weighted by atomic mass is 16.4. The third-order valence-corrected chi connectivity index (χ3v) is 2.68. The Morgan fingerprint density at radius 3 is 2.95 bits per heavy atom. The maximum absolute atomic E-state index is 11.3. The van der Waals surface area contributed by atoms with Gasteiger partial charge in [0.1, 0.15) is 5.82 Å². The highest BCUT2D eigenvalue weighted by Crippen LogP contribution is 2.20. The highest BCUT2D eigenvalue weighted by Gasteiger charge is 2.10. The SMILES string of the molecule is CC#CCCNc1cc(C(=O)O)c2ccccc2n1. The first kappa shape index (κ1) is 12.9. The molecule has 96 valence electrons. The molecule has 0 atom stereocenters. The lowest BCUT2D eigenvalue weighted by Gasteiger charge is -2.07. The molecule has 0 aliphatic rings. The first-order valence-corrected chi connectivity index (χ1v) is 5.99. The van der Waals surface area contributed by atoms with Crippen molar-refractivity contribution in [2.75, 3.05) is 11.9 Å². The molecule has 0 unspecified atom stereocenters. The van der Waals surface area contributed by atoms with Gasteiger partial charge in [0, 0.05) is 18.4 Å². The Morgan fingerprint density at radius 2 is 2.21 bits per heavy atom. The van der Waals surface area contributed by atoms with Crippen LogP contribution in [0.25, 0.3) is 10.9 Å². The van der Waals surface area contributed by atoms with Crippen molar-refractivity contribution in [2.45, 2.75) is 13.3 Å². The van der Waals surface area contributed by atoms with Gasteiger partial charge in [0.05, 0.1) is 11.1 Å². The van der Waals surface area contributed by atoms with Crippen molar-refractivity contribution in [3.05, 3.63) is 35.9 Å². The lowest BCUT2D eigenvalue weighted by atomic mass is 10.1. The number of anilines is 1. The van der Waals surface area contributed by atoms with Gasteiger partial charge in [0.2, 0.25) is 0 Å². The van der Waals surface area contributed by atoms with E-state index in [0.717, 1.165) is 0 Å².